The second kappa shape index (κ2) is 6.59. The maximum absolute atomic E-state index is 12.4. The molecule has 27 heavy (non-hydrogen) atoms. The van der Waals surface area contributed by atoms with Crippen molar-refractivity contribution in [1.29, 1.82) is 0 Å². The van der Waals surface area contributed by atoms with Gasteiger partial charge in [0, 0.05) is 18.5 Å². The van der Waals surface area contributed by atoms with Gasteiger partial charge in [-0.1, -0.05) is 18.6 Å². The molecular formula is C21H28N4O2. The Hall–Kier alpha value is -2.50. The summed E-state index contributed by atoms with van der Waals surface area (Å²) in [5, 5.41) is 4.56. The number of carbonyl (C=O) groups excluding carboxylic acids is 1. The number of nitrogens with zero attached hydrogens (tertiary/aromatic N) is 3. The number of anilines is 1. The zero-order chi connectivity index (χ0) is 19.2. The fourth-order valence-corrected chi connectivity index (χ4v) is 3.77. The second-order valence-corrected chi connectivity index (χ2v) is 8.59. The van der Waals surface area contributed by atoms with Crippen molar-refractivity contribution in [3.63, 3.8) is 0 Å². The van der Waals surface area contributed by atoms with Crippen molar-refractivity contribution in [3.8, 4) is 5.69 Å². The van der Waals surface area contributed by atoms with Crippen LogP contribution in [0.1, 0.15) is 62.8 Å². The van der Waals surface area contributed by atoms with Gasteiger partial charge in [0.15, 0.2) is 5.82 Å². The lowest BCUT2D eigenvalue weighted by Crippen LogP contribution is -2.40. The Balaban J connectivity index is 1.55. The van der Waals surface area contributed by atoms with Crippen LogP contribution in [0.15, 0.2) is 24.3 Å². The van der Waals surface area contributed by atoms with E-state index in [9.17, 15) is 4.79 Å². The number of hydrogen-bond acceptors (Lipinski definition) is 4. The Morgan fingerprint density at radius 1 is 1.22 bits per heavy atom. The number of amides is 1. The SMILES string of the molecule is CC(C)(C)OC(=O)N1CCc2c(c(N)nn2-c2ccc(C3CCC3)cc2)C1. The number of aromatic nitrogens is 2. The van der Waals surface area contributed by atoms with Gasteiger partial charge in [-0.25, -0.2) is 9.48 Å². The fraction of sp³-hybridized carbons (Fsp3) is 0.524. The molecule has 1 amide bonds. The Kier molecular flexibility index (Phi) is 4.36. The van der Waals surface area contributed by atoms with Crippen molar-refractivity contribution < 1.29 is 9.53 Å². The summed E-state index contributed by atoms with van der Waals surface area (Å²) in [6, 6.07) is 8.67. The summed E-state index contributed by atoms with van der Waals surface area (Å²) < 4.78 is 7.43. The maximum atomic E-state index is 12.4. The van der Waals surface area contributed by atoms with Gasteiger partial charge < -0.3 is 15.4 Å². The lowest BCUT2D eigenvalue weighted by Gasteiger charge is -2.30. The number of hydrogen-bond donors (Lipinski definition) is 1. The summed E-state index contributed by atoms with van der Waals surface area (Å²) in [7, 11) is 0. The Labute approximate surface area is 160 Å². The molecule has 1 aromatic heterocycles. The molecule has 2 heterocycles. The molecule has 1 saturated carbocycles. The standard InChI is InChI=1S/C21H28N4O2/c1-21(2,3)27-20(26)24-12-11-18-17(13-24)19(22)23-25(18)16-9-7-15(8-10-16)14-5-4-6-14/h7-10,14H,4-6,11-13H2,1-3H3,(H2,22,23). The van der Waals surface area contributed by atoms with Crippen LogP contribution in [0.5, 0.6) is 0 Å². The van der Waals surface area contributed by atoms with Gasteiger partial charge in [-0.05, 0) is 57.2 Å². The first-order valence-corrected chi connectivity index (χ1v) is 9.76. The average molecular weight is 368 g/mol. The number of rotatable bonds is 2. The Morgan fingerprint density at radius 3 is 2.52 bits per heavy atom. The minimum atomic E-state index is -0.505. The van der Waals surface area contributed by atoms with E-state index in [1.165, 1.54) is 24.8 Å². The van der Waals surface area contributed by atoms with E-state index in [2.05, 4.69) is 29.4 Å². The lowest BCUT2D eigenvalue weighted by atomic mass is 9.80. The third-order valence-corrected chi connectivity index (χ3v) is 5.45. The summed E-state index contributed by atoms with van der Waals surface area (Å²) in [4.78, 5) is 14.1. The maximum Gasteiger partial charge on any atom is 0.410 e. The topological polar surface area (TPSA) is 73.4 Å². The van der Waals surface area contributed by atoms with Crippen LogP contribution in [0, 0.1) is 0 Å². The smallest absolute Gasteiger partial charge is 0.410 e. The highest BCUT2D eigenvalue weighted by atomic mass is 16.6. The number of nitrogen functional groups attached to an aromatic ring is 1. The van der Waals surface area contributed by atoms with Crippen LogP contribution in [-0.2, 0) is 17.7 Å². The zero-order valence-corrected chi connectivity index (χ0v) is 16.4. The monoisotopic (exact) mass is 368 g/mol. The van der Waals surface area contributed by atoms with Crippen LogP contribution < -0.4 is 5.73 Å². The summed E-state index contributed by atoms with van der Waals surface area (Å²) in [6.45, 7) is 6.67. The van der Waals surface area contributed by atoms with Gasteiger partial charge in [0.2, 0.25) is 0 Å². The van der Waals surface area contributed by atoms with E-state index in [0.717, 1.165) is 22.9 Å². The van der Waals surface area contributed by atoms with Crippen LogP contribution in [0.3, 0.4) is 0 Å². The Bertz CT molecular complexity index is 844. The molecule has 4 rings (SSSR count). The van der Waals surface area contributed by atoms with Gasteiger partial charge >= 0.3 is 6.09 Å². The predicted octanol–water partition coefficient (Wildman–Crippen LogP) is 4.02. The summed E-state index contributed by atoms with van der Waals surface area (Å²) >= 11 is 0. The molecule has 0 saturated heterocycles. The minimum absolute atomic E-state index is 0.301. The van der Waals surface area contributed by atoms with E-state index >= 15 is 0 Å². The largest absolute Gasteiger partial charge is 0.444 e. The van der Waals surface area contributed by atoms with E-state index in [4.69, 9.17) is 10.5 Å². The van der Waals surface area contributed by atoms with Crippen molar-refractivity contribution >= 4 is 11.9 Å². The fourth-order valence-electron chi connectivity index (χ4n) is 3.77. The highest BCUT2D eigenvalue weighted by molar-refractivity contribution is 5.69. The van der Waals surface area contributed by atoms with E-state index in [0.29, 0.717) is 25.3 Å². The zero-order valence-electron chi connectivity index (χ0n) is 16.4. The lowest BCUT2D eigenvalue weighted by molar-refractivity contribution is 0.0223. The van der Waals surface area contributed by atoms with Gasteiger partial charge in [-0.2, -0.15) is 5.10 Å². The van der Waals surface area contributed by atoms with Crippen molar-refractivity contribution in [2.24, 2.45) is 0 Å². The minimum Gasteiger partial charge on any atom is -0.444 e. The van der Waals surface area contributed by atoms with E-state index in [1.54, 1.807) is 4.90 Å². The molecule has 0 bridgehead atoms. The molecule has 0 atom stereocenters. The van der Waals surface area contributed by atoms with Crippen molar-refractivity contribution in [2.75, 3.05) is 12.3 Å². The van der Waals surface area contributed by atoms with Crippen molar-refractivity contribution in [1.82, 2.24) is 14.7 Å². The highest BCUT2D eigenvalue weighted by Crippen LogP contribution is 2.36. The number of ether oxygens (including phenoxy) is 1. The average Bonchev–Trinajstić information content (AvgIpc) is 2.89. The third-order valence-electron chi connectivity index (χ3n) is 5.45. The molecule has 144 valence electrons. The predicted molar refractivity (Wildman–Crippen MR) is 105 cm³/mol. The number of benzene rings is 1. The molecule has 0 spiro atoms. The van der Waals surface area contributed by atoms with Gasteiger partial charge in [-0.3, -0.25) is 0 Å². The first kappa shape index (κ1) is 17.9. The van der Waals surface area contributed by atoms with Crippen LogP contribution >= 0.6 is 0 Å². The van der Waals surface area contributed by atoms with E-state index in [-0.39, 0.29) is 6.09 Å². The third kappa shape index (κ3) is 3.53. The highest BCUT2D eigenvalue weighted by Gasteiger charge is 2.30. The van der Waals surface area contributed by atoms with Crippen LogP contribution in [-0.4, -0.2) is 32.9 Å². The molecule has 1 fully saturated rings. The normalized spacial score (nSPS) is 17.4. The molecular weight excluding hydrogens is 340 g/mol. The van der Waals surface area contributed by atoms with E-state index < -0.39 is 5.60 Å². The molecule has 1 aliphatic heterocycles. The molecule has 2 N–H and O–H groups in total. The molecule has 1 aliphatic carbocycles. The number of carbonyl (C=O) groups is 1. The van der Waals surface area contributed by atoms with Crippen molar-refractivity contribution in [2.45, 2.75) is 64.5 Å². The molecule has 6 nitrogen and oxygen atoms in total. The number of fused-ring (bicyclic) bond motifs is 1. The van der Waals surface area contributed by atoms with Gasteiger partial charge in [-0.15, -0.1) is 0 Å². The molecule has 1 aromatic carbocycles. The second-order valence-electron chi connectivity index (χ2n) is 8.59. The molecule has 2 aromatic rings. The first-order valence-electron chi connectivity index (χ1n) is 9.76. The molecule has 6 heteroatoms. The van der Waals surface area contributed by atoms with Crippen LogP contribution in [0.25, 0.3) is 5.69 Å². The molecule has 0 radical (unpaired) electrons. The van der Waals surface area contributed by atoms with Gasteiger partial charge in [0.1, 0.15) is 5.60 Å². The molecule has 0 unspecified atom stereocenters. The number of nitrogens with two attached hydrogens (primary N) is 1. The quantitative estimate of drug-likeness (QED) is 0.869. The van der Waals surface area contributed by atoms with Crippen LogP contribution in [0.2, 0.25) is 0 Å². The van der Waals surface area contributed by atoms with Gasteiger partial charge in [0.05, 0.1) is 17.9 Å². The Morgan fingerprint density at radius 2 is 1.93 bits per heavy atom. The van der Waals surface area contributed by atoms with Crippen molar-refractivity contribution in [3.05, 3.63) is 41.1 Å². The van der Waals surface area contributed by atoms with Crippen LogP contribution in [0.4, 0.5) is 10.6 Å². The van der Waals surface area contributed by atoms with E-state index in [1.807, 2.05) is 25.5 Å². The molecule has 2 aliphatic rings. The summed E-state index contributed by atoms with van der Waals surface area (Å²) in [6.07, 6.45) is 4.34. The van der Waals surface area contributed by atoms with Gasteiger partial charge in [0.25, 0.3) is 0 Å². The first-order chi connectivity index (χ1) is 12.8. The summed E-state index contributed by atoms with van der Waals surface area (Å²) in [5.41, 5.74) is 10.1. The summed E-state index contributed by atoms with van der Waals surface area (Å²) in [5.74, 6) is 1.21.